The first-order chi connectivity index (χ1) is 8.66. The number of halogens is 2. The van der Waals surface area contributed by atoms with Crippen molar-refractivity contribution in [3.05, 3.63) is 52.0 Å². The van der Waals surface area contributed by atoms with Gasteiger partial charge in [-0.3, -0.25) is 0 Å². The molecule has 1 heterocycles. The minimum Gasteiger partial charge on any atom is -0.321 e. The number of hydrogen-bond donors (Lipinski definition) is 1. The molecule has 0 unspecified atom stereocenters. The lowest BCUT2D eigenvalue weighted by Crippen LogP contribution is -2.19. The first-order valence-electron chi connectivity index (χ1n) is 5.78. The summed E-state index contributed by atoms with van der Waals surface area (Å²) in [5.41, 5.74) is 1.27. The monoisotopic (exact) mass is 283 g/mol. The van der Waals surface area contributed by atoms with E-state index in [0.717, 1.165) is 30.4 Å². The molecule has 96 valence electrons. The van der Waals surface area contributed by atoms with Crippen molar-refractivity contribution in [1.82, 2.24) is 14.9 Å². The largest absolute Gasteiger partial charge is 0.321 e. The van der Waals surface area contributed by atoms with Gasteiger partial charge in [-0.1, -0.05) is 35.3 Å². The van der Waals surface area contributed by atoms with E-state index in [2.05, 4.69) is 10.3 Å². The van der Waals surface area contributed by atoms with Crippen LogP contribution in [0.1, 0.15) is 11.4 Å². The molecular formula is C13H15Cl2N3. The second-order valence-electron chi connectivity index (χ2n) is 4.11. The van der Waals surface area contributed by atoms with Gasteiger partial charge in [0.05, 0.1) is 12.7 Å². The van der Waals surface area contributed by atoms with Gasteiger partial charge in [0.15, 0.2) is 0 Å². The topological polar surface area (TPSA) is 29.9 Å². The van der Waals surface area contributed by atoms with Gasteiger partial charge in [-0.05, 0) is 30.7 Å². The Balaban J connectivity index is 1.76. The molecule has 0 aliphatic heterocycles. The summed E-state index contributed by atoms with van der Waals surface area (Å²) in [5.74, 6) is 0.941. The molecule has 3 nitrogen and oxygen atoms in total. The number of benzene rings is 1. The number of nitrogens with zero attached hydrogens (tertiary/aromatic N) is 2. The van der Waals surface area contributed by atoms with Gasteiger partial charge in [0.2, 0.25) is 0 Å². The Kier molecular flexibility index (Phi) is 4.64. The predicted molar refractivity (Wildman–Crippen MR) is 75.1 cm³/mol. The molecule has 0 atom stereocenters. The summed E-state index contributed by atoms with van der Waals surface area (Å²) in [5, 5.41) is 4.77. The van der Waals surface area contributed by atoms with Crippen LogP contribution in [0.15, 0.2) is 30.5 Å². The van der Waals surface area contributed by atoms with Crippen LogP contribution in [0.5, 0.6) is 0 Å². The van der Waals surface area contributed by atoms with E-state index >= 15 is 0 Å². The molecule has 0 radical (unpaired) electrons. The highest BCUT2D eigenvalue weighted by molar-refractivity contribution is 6.30. The summed E-state index contributed by atoms with van der Waals surface area (Å²) >= 11 is 11.7. The fourth-order valence-corrected chi connectivity index (χ4v) is 1.94. The highest BCUT2D eigenvalue weighted by Crippen LogP contribution is 2.10. The molecule has 0 aliphatic rings. The van der Waals surface area contributed by atoms with E-state index in [1.165, 1.54) is 5.56 Å². The Morgan fingerprint density at radius 2 is 1.94 bits per heavy atom. The molecule has 0 bridgehead atoms. The van der Waals surface area contributed by atoms with Crippen LogP contribution in [-0.4, -0.2) is 16.1 Å². The predicted octanol–water partition coefficient (Wildman–Crippen LogP) is 3.06. The molecule has 18 heavy (non-hydrogen) atoms. The molecule has 2 aromatic rings. The minimum absolute atomic E-state index is 0.657. The number of rotatable bonds is 5. The van der Waals surface area contributed by atoms with E-state index in [4.69, 9.17) is 23.2 Å². The van der Waals surface area contributed by atoms with Crippen LogP contribution in [0, 0.1) is 0 Å². The quantitative estimate of drug-likeness (QED) is 0.855. The Labute approximate surface area is 117 Å². The molecule has 1 N–H and O–H groups in total. The van der Waals surface area contributed by atoms with Crippen LogP contribution < -0.4 is 5.32 Å². The average Bonchev–Trinajstić information content (AvgIpc) is 2.68. The molecule has 0 aliphatic carbocycles. The lowest BCUT2D eigenvalue weighted by atomic mass is 10.1. The third-order valence-corrected chi connectivity index (χ3v) is 3.42. The van der Waals surface area contributed by atoms with E-state index in [-0.39, 0.29) is 0 Å². The van der Waals surface area contributed by atoms with E-state index in [9.17, 15) is 0 Å². The molecule has 0 amide bonds. The summed E-state index contributed by atoms with van der Waals surface area (Å²) in [6.45, 7) is 1.61. The lowest BCUT2D eigenvalue weighted by molar-refractivity contribution is 0.638. The van der Waals surface area contributed by atoms with E-state index < -0.39 is 0 Å². The summed E-state index contributed by atoms with van der Waals surface area (Å²) in [6, 6.07) is 7.91. The molecule has 0 fully saturated rings. The first-order valence-corrected chi connectivity index (χ1v) is 6.53. The SMILES string of the molecule is Cn1c(Cl)cnc1CNCCc1ccc(Cl)cc1. The number of imidazole rings is 1. The molecule has 0 saturated carbocycles. The Morgan fingerprint density at radius 3 is 2.56 bits per heavy atom. The molecule has 1 aromatic carbocycles. The van der Waals surface area contributed by atoms with Gasteiger partial charge in [0.1, 0.15) is 11.0 Å². The van der Waals surface area contributed by atoms with Gasteiger partial charge in [0.25, 0.3) is 0 Å². The van der Waals surface area contributed by atoms with Crippen molar-refractivity contribution in [3.8, 4) is 0 Å². The first kappa shape index (κ1) is 13.4. The Morgan fingerprint density at radius 1 is 1.22 bits per heavy atom. The fourth-order valence-electron chi connectivity index (χ4n) is 1.67. The van der Waals surface area contributed by atoms with Crippen molar-refractivity contribution in [2.75, 3.05) is 6.54 Å². The summed E-state index contributed by atoms with van der Waals surface area (Å²) in [4.78, 5) is 4.22. The van der Waals surface area contributed by atoms with E-state index in [1.807, 2.05) is 35.9 Å². The van der Waals surface area contributed by atoms with Crippen molar-refractivity contribution in [2.45, 2.75) is 13.0 Å². The normalized spacial score (nSPS) is 10.8. The van der Waals surface area contributed by atoms with Crippen LogP contribution in [0.3, 0.4) is 0 Å². The maximum atomic E-state index is 5.91. The van der Waals surface area contributed by atoms with Crippen molar-refractivity contribution < 1.29 is 0 Å². The summed E-state index contributed by atoms with van der Waals surface area (Å²) in [7, 11) is 1.91. The zero-order valence-corrected chi connectivity index (χ0v) is 11.7. The molecule has 2 rings (SSSR count). The molecule has 1 aromatic heterocycles. The number of aromatic nitrogens is 2. The van der Waals surface area contributed by atoms with Crippen LogP contribution in [-0.2, 0) is 20.0 Å². The zero-order valence-electron chi connectivity index (χ0n) is 10.2. The maximum Gasteiger partial charge on any atom is 0.128 e. The van der Waals surface area contributed by atoms with Crippen LogP contribution in [0.4, 0.5) is 0 Å². The maximum absolute atomic E-state index is 5.91. The van der Waals surface area contributed by atoms with Crippen molar-refractivity contribution in [1.29, 1.82) is 0 Å². The van der Waals surface area contributed by atoms with Gasteiger partial charge in [0, 0.05) is 12.1 Å². The Hall–Kier alpha value is -1.03. The van der Waals surface area contributed by atoms with Gasteiger partial charge in [-0.25, -0.2) is 4.98 Å². The number of hydrogen-bond acceptors (Lipinski definition) is 2. The van der Waals surface area contributed by atoms with Crippen LogP contribution >= 0.6 is 23.2 Å². The second-order valence-corrected chi connectivity index (χ2v) is 4.93. The van der Waals surface area contributed by atoms with Crippen molar-refractivity contribution >= 4 is 23.2 Å². The number of nitrogens with one attached hydrogen (secondary N) is 1. The summed E-state index contributed by atoms with van der Waals surface area (Å²) < 4.78 is 1.87. The van der Waals surface area contributed by atoms with Gasteiger partial charge < -0.3 is 9.88 Å². The zero-order chi connectivity index (χ0) is 13.0. The molecular weight excluding hydrogens is 269 g/mol. The minimum atomic E-state index is 0.657. The standard InChI is InChI=1S/C13H15Cl2N3/c1-18-12(15)8-17-13(18)9-16-7-6-10-2-4-11(14)5-3-10/h2-5,8,16H,6-7,9H2,1H3. The van der Waals surface area contributed by atoms with Crippen LogP contribution in [0.25, 0.3) is 0 Å². The molecule has 0 spiro atoms. The van der Waals surface area contributed by atoms with Crippen LogP contribution in [0.2, 0.25) is 10.2 Å². The van der Waals surface area contributed by atoms with Crippen molar-refractivity contribution in [3.63, 3.8) is 0 Å². The lowest BCUT2D eigenvalue weighted by Gasteiger charge is -2.05. The second kappa shape index (κ2) is 6.23. The highest BCUT2D eigenvalue weighted by atomic mass is 35.5. The summed E-state index contributed by atoms with van der Waals surface area (Å²) in [6.07, 6.45) is 2.63. The third kappa shape index (κ3) is 3.48. The molecule has 0 saturated heterocycles. The van der Waals surface area contributed by atoms with Gasteiger partial charge >= 0.3 is 0 Å². The van der Waals surface area contributed by atoms with E-state index in [0.29, 0.717) is 5.15 Å². The molecule has 5 heteroatoms. The Bertz CT molecular complexity index is 505. The smallest absolute Gasteiger partial charge is 0.128 e. The van der Waals surface area contributed by atoms with Crippen molar-refractivity contribution in [2.24, 2.45) is 7.05 Å². The average molecular weight is 284 g/mol. The highest BCUT2D eigenvalue weighted by Gasteiger charge is 2.03. The fraction of sp³-hybridized carbons (Fsp3) is 0.308. The van der Waals surface area contributed by atoms with Gasteiger partial charge in [-0.2, -0.15) is 0 Å². The van der Waals surface area contributed by atoms with Gasteiger partial charge in [-0.15, -0.1) is 0 Å². The third-order valence-electron chi connectivity index (χ3n) is 2.81. The van der Waals surface area contributed by atoms with E-state index in [1.54, 1.807) is 6.20 Å².